The summed E-state index contributed by atoms with van der Waals surface area (Å²) in [4.78, 5) is 25.9. The lowest BCUT2D eigenvalue weighted by atomic mass is 9.84. The largest absolute Gasteiger partial charge is 0.478 e. The van der Waals surface area contributed by atoms with Crippen molar-refractivity contribution in [1.82, 2.24) is 4.90 Å². The minimum atomic E-state index is -0.952. The van der Waals surface area contributed by atoms with Gasteiger partial charge in [0.1, 0.15) is 0 Å². The number of amides is 1. The first kappa shape index (κ1) is 17.2. The molecule has 4 heteroatoms. The van der Waals surface area contributed by atoms with Crippen LogP contribution in [-0.4, -0.2) is 28.4 Å². The third-order valence-electron chi connectivity index (χ3n) is 4.69. The van der Waals surface area contributed by atoms with Gasteiger partial charge in [-0.25, -0.2) is 4.79 Å². The average Bonchev–Trinajstić information content (AvgIpc) is 2.56. The zero-order valence-corrected chi connectivity index (χ0v) is 14.9. The molecule has 0 aromatic heterocycles. The van der Waals surface area contributed by atoms with Gasteiger partial charge >= 0.3 is 5.97 Å². The van der Waals surface area contributed by atoms with E-state index in [0.29, 0.717) is 13.1 Å². The number of hydrogen-bond donors (Lipinski definition) is 1. The van der Waals surface area contributed by atoms with Crippen LogP contribution in [0.15, 0.2) is 42.5 Å². The second-order valence-electron chi connectivity index (χ2n) is 7.60. The van der Waals surface area contributed by atoms with Crippen LogP contribution in [0.25, 0.3) is 0 Å². The summed E-state index contributed by atoms with van der Waals surface area (Å²) in [6, 6.07) is 13.0. The molecule has 130 valence electrons. The van der Waals surface area contributed by atoms with Gasteiger partial charge in [0.2, 0.25) is 0 Å². The summed E-state index contributed by atoms with van der Waals surface area (Å²) >= 11 is 0. The van der Waals surface area contributed by atoms with Crippen LogP contribution in [0.4, 0.5) is 0 Å². The Morgan fingerprint density at radius 2 is 1.92 bits per heavy atom. The van der Waals surface area contributed by atoms with Gasteiger partial charge in [0.25, 0.3) is 5.91 Å². The standard InChI is InChI=1S/C21H23NO3/c1-21(2,3)17-8-7-15-9-10-22(19(23)18(15)12-17)13-14-5-4-6-16(11-14)20(24)25/h4-8,11-12H,9-10,13H2,1-3H3,(H,24,25). The van der Waals surface area contributed by atoms with Crippen LogP contribution in [0, 0.1) is 0 Å². The molecule has 0 aliphatic carbocycles. The molecule has 0 saturated heterocycles. The molecule has 0 bridgehead atoms. The summed E-state index contributed by atoms with van der Waals surface area (Å²) in [6.45, 7) is 7.49. The number of carbonyl (C=O) groups is 2. The number of rotatable bonds is 3. The Kier molecular flexibility index (Phi) is 4.38. The van der Waals surface area contributed by atoms with E-state index in [-0.39, 0.29) is 16.9 Å². The van der Waals surface area contributed by atoms with Crippen LogP contribution in [0.5, 0.6) is 0 Å². The lowest BCUT2D eigenvalue weighted by Crippen LogP contribution is -2.37. The van der Waals surface area contributed by atoms with E-state index in [0.717, 1.165) is 28.7 Å². The van der Waals surface area contributed by atoms with Crippen LogP contribution in [0.3, 0.4) is 0 Å². The number of carbonyl (C=O) groups excluding carboxylic acids is 1. The number of nitrogens with zero attached hydrogens (tertiary/aromatic N) is 1. The maximum Gasteiger partial charge on any atom is 0.335 e. The highest BCUT2D eigenvalue weighted by Gasteiger charge is 2.26. The molecule has 3 rings (SSSR count). The summed E-state index contributed by atoms with van der Waals surface area (Å²) < 4.78 is 0. The van der Waals surface area contributed by atoms with Crippen LogP contribution < -0.4 is 0 Å². The van der Waals surface area contributed by atoms with E-state index in [1.54, 1.807) is 23.1 Å². The second kappa shape index (κ2) is 6.36. The molecule has 2 aromatic rings. The molecule has 0 atom stereocenters. The number of carboxylic acid groups (broad SMARTS) is 1. The molecule has 1 N–H and O–H groups in total. The number of benzene rings is 2. The van der Waals surface area contributed by atoms with Crippen LogP contribution >= 0.6 is 0 Å². The predicted molar refractivity (Wildman–Crippen MR) is 97.0 cm³/mol. The molecular weight excluding hydrogens is 314 g/mol. The second-order valence-corrected chi connectivity index (χ2v) is 7.60. The van der Waals surface area contributed by atoms with Crippen molar-refractivity contribution in [2.24, 2.45) is 0 Å². The lowest BCUT2D eigenvalue weighted by Gasteiger charge is -2.30. The van der Waals surface area contributed by atoms with E-state index in [1.807, 2.05) is 12.1 Å². The van der Waals surface area contributed by atoms with Gasteiger partial charge in [0.05, 0.1) is 5.56 Å². The Labute approximate surface area is 148 Å². The molecule has 1 amide bonds. The average molecular weight is 337 g/mol. The number of fused-ring (bicyclic) bond motifs is 1. The Morgan fingerprint density at radius 1 is 1.16 bits per heavy atom. The molecule has 1 heterocycles. The number of hydrogen-bond acceptors (Lipinski definition) is 2. The third kappa shape index (κ3) is 3.58. The quantitative estimate of drug-likeness (QED) is 0.924. The topological polar surface area (TPSA) is 57.6 Å². The lowest BCUT2D eigenvalue weighted by molar-refractivity contribution is 0.0696. The Bertz CT molecular complexity index is 833. The van der Waals surface area contributed by atoms with Crippen molar-refractivity contribution in [3.05, 3.63) is 70.3 Å². The zero-order valence-electron chi connectivity index (χ0n) is 14.9. The molecule has 2 aromatic carbocycles. The Hall–Kier alpha value is -2.62. The highest BCUT2D eigenvalue weighted by Crippen LogP contribution is 2.28. The maximum atomic E-state index is 12.9. The van der Waals surface area contributed by atoms with E-state index < -0.39 is 5.97 Å². The summed E-state index contributed by atoms with van der Waals surface area (Å²) in [5.41, 5.74) is 4.09. The van der Waals surface area contributed by atoms with Gasteiger partial charge in [-0.1, -0.05) is 45.0 Å². The zero-order chi connectivity index (χ0) is 18.2. The van der Waals surface area contributed by atoms with Crippen molar-refractivity contribution in [2.45, 2.75) is 39.2 Å². The van der Waals surface area contributed by atoms with Crippen molar-refractivity contribution in [2.75, 3.05) is 6.54 Å². The highest BCUT2D eigenvalue weighted by molar-refractivity contribution is 5.97. The molecular formula is C21H23NO3. The fourth-order valence-electron chi connectivity index (χ4n) is 3.16. The van der Waals surface area contributed by atoms with Gasteiger partial charge < -0.3 is 10.0 Å². The normalized spacial score (nSPS) is 14.4. The van der Waals surface area contributed by atoms with E-state index in [1.165, 1.54) is 0 Å². The van der Waals surface area contributed by atoms with E-state index in [9.17, 15) is 9.59 Å². The summed E-state index contributed by atoms with van der Waals surface area (Å²) in [6.07, 6.45) is 0.824. The molecule has 1 aliphatic rings. The minimum absolute atomic E-state index is 0.00654. The summed E-state index contributed by atoms with van der Waals surface area (Å²) in [7, 11) is 0. The number of carboxylic acids is 1. The molecule has 0 saturated carbocycles. The van der Waals surface area contributed by atoms with E-state index in [4.69, 9.17) is 5.11 Å². The van der Waals surface area contributed by atoms with Crippen LogP contribution in [0.1, 0.15) is 58.2 Å². The van der Waals surface area contributed by atoms with Crippen molar-refractivity contribution in [1.29, 1.82) is 0 Å². The maximum absolute atomic E-state index is 12.9. The minimum Gasteiger partial charge on any atom is -0.478 e. The number of aromatic carboxylic acids is 1. The van der Waals surface area contributed by atoms with Crippen molar-refractivity contribution < 1.29 is 14.7 Å². The molecule has 0 spiro atoms. The molecule has 4 nitrogen and oxygen atoms in total. The van der Waals surface area contributed by atoms with Gasteiger partial charge in [-0.2, -0.15) is 0 Å². The van der Waals surface area contributed by atoms with Gasteiger partial charge in [-0.3, -0.25) is 4.79 Å². The smallest absolute Gasteiger partial charge is 0.335 e. The fourth-order valence-corrected chi connectivity index (χ4v) is 3.16. The SMILES string of the molecule is CC(C)(C)c1ccc2c(c1)C(=O)N(Cc1cccc(C(=O)O)c1)CC2. The Balaban J connectivity index is 1.86. The van der Waals surface area contributed by atoms with Gasteiger partial charge in [0, 0.05) is 18.7 Å². The van der Waals surface area contributed by atoms with Gasteiger partial charge in [-0.15, -0.1) is 0 Å². The third-order valence-corrected chi connectivity index (χ3v) is 4.69. The molecule has 1 aliphatic heterocycles. The predicted octanol–water partition coefficient (Wildman–Crippen LogP) is 3.88. The van der Waals surface area contributed by atoms with Crippen LogP contribution in [0.2, 0.25) is 0 Å². The molecule has 0 radical (unpaired) electrons. The fraction of sp³-hybridized carbons (Fsp3) is 0.333. The van der Waals surface area contributed by atoms with Gasteiger partial charge in [-0.05, 0) is 46.7 Å². The first-order valence-corrected chi connectivity index (χ1v) is 8.50. The van der Waals surface area contributed by atoms with Crippen molar-refractivity contribution >= 4 is 11.9 Å². The Morgan fingerprint density at radius 3 is 2.60 bits per heavy atom. The van der Waals surface area contributed by atoms with Crippen molar-refractivity contribution in [3.8, 4) is 0 Å². The molecule has 0 unspecified atom stereocenters. The molecule has 25 heavy (non-hydrogen) atoms. The summed E-state index contributed by atoms with van der Waals surface area (Å²) in [5, 5.41) is 9.12. The summed E-state index contributed by atoms with van der Waals surface area (Å²) in [5.74, 6) is -0.930. The molecule has 0 fully saturated rings. The van der Waals surface area contributed by atoms with Crippen molar-refractivity contribution in [3.63, 3.8) is 0 Å². The highest BCUT2D eigenvalue weighted by atomic mass is 16.4. The first-order valence-electron chi connectivity index (χ1n) is 8.50. The van der Waals surface area contributed by atoms with E-state index >= 15 is 0 Å². The first-order chi connectivity index (χ1) is 11.8. The van der Waals surface area contributed by atoms with E-state index in [2.05, 4.69) is 32.9 Å². The van der Waals surface area contributed by atoms with Gasteiger partial charge in [0.15, 0.2) is 0 Å². The van der Waals surface area contributed by atoms with Crippen LogP contribution in [-0.2, 0) is 18.4 Å². The monoisotopic (exact) mass is 337 g/mol.